The second-order valence-electron chi connectivity index (χ2n) is 3.74. The van der Waals surface area contributed by atoms with Gasteiger partial charge in [0.25, 0.3) is 11.8 Å². The average molecular weight is 241 g/mol. The molecule has 1 aliphatic heterocycles. The number of rotatable bonds is 2. The van der Waals surface area contributed by atoms with Crippen molar-refractivity contribution < 1.29 is 9.59 Å². The monoisotopic (exact) mass is 240 g/mol. The predicted molar refractivity (Wildman–Crippen MR) is 62.7 cm³/mol. The lowest BCUT2D eigenvalue weighted by molar-refractivity contribution is 0.0647. The fourth-order valence-corrected chi connectivity index (χ4v) is 1.69. The second-order valence-corrected chi connectivity index (χ2v) is 3.74. The van der Waals surface area contributed by atoms with Crippen molar-refractivity contribution in [2.45, 2.75) is 13.0 Å². The summed E-state index contributed by atoms with van der Waals surface area (Å²) in [6.45, 7) is 2.04. The Labute approximate surface area is 99.8 Å². The van der Waals surface area contributed by atoms with E-state index in [1.807, 2.05) is 0 Å². The third-order valence-corrected chi connectivity index (χ3v) is 2.35. The molecule has 0 fully saturated rings. The van der Waals surface area contributed by atoms with Crippen LogP contribution in [0.1, 0.15) is 27.6 Å². The van der Waals surface area contributed by atoms with Crippen LogP contribution < -0.4 is 5.73 Å². The number of carbonyl (C=O) groups is 2. The molecule has 0 aliphatic carbocycles. The molecule has 0 aromatic heterocycles. The molecule has 1 aromatic carbocycles. The highest BCUT2D eigenvalue weighted by molar-refractivity contribution is 6.21. The number of hydrogen-bond donors (Lipinski definition) is 1. The molecule has 0 unspecified atom stereocenters. The molecule has 1 heterocycles. The Morgan fingerprint density at radius 1 is 1.19 bits per heavy atom. The molecule has 0 saturated carbocycles. The first-order valence-electron chi connectivity index (χ1n) is 4.82. The molecular weight excluding hydrogens is 228 g/mol. The summed E-state index contributed by atoms with van der Waals surface area (Å²) in [4.78, 5) is 24.8. The van der Waals surface area contributed by atoms with E-state index in [0.717, 1.165) is 0 Å². The van der Waals surface area contributed by atoms with Crippen molar-refractivity contribution in [2.75, 3.05) is 6.54 Å². The first-order valence-corrected chi connectivity index (χ1v) is 4.82. The first-order chi connectivity index (χ1) is 7.11. The van der Waals surface area contributed by atoms with Crippen LogP contribution in [0.4, 0.5) is 0 Å². The lowest BCUT2D eigenvalue weighted by Gasteiger charge is -2.15. The standard InChI is InChI=1S/C11H12N2O2.ClH/c1-7(12)6-13-10(14)8-4-2-3-5-9(8)11(13)15;/h2-5,7H,6,12H2,1H3;1H/t7-;/m1./s1. The quantitative estimate of drug-likeness (QED) is 0.786. The number of nitrogens with zero attached hydrogens (tertiary/aromatic N) is 1. The Morgan fingerprint density at radius 2 is 1.62 bits per heavy atom. The van der Waals surface area contributed by atoms with E-state index in [-0.39, 0.29) is 36.8 Å². The zero-order valence-corrected chi connectivity index (χ0v) is 9.66. The number of hydrogen-bond acceptors (Lipinski definition) is 3. The maximum absolute atomic E-state index is 11.8. The van der Waals surface area contributed by atoms with Crippen LogP contribution in [-0.2, 0) is 0 Å². The molecule has 16 heavy (non-hydrogen) atoms. The van der Waals surface area contributed by atoms with Crippen LogP contribution in [0.2, 0.25) is 0 Å². The van der Waals surface area contributed by atoms with Gasteiger partial charge in [-0.2, -0.15) is 0 Å². The molecule has 1 aliphatic rings. The van der Waals surface area contributed by atoms with Gasteiger partial charge >= 0.3 is 0 Å². The van der Waals surface area contributed by atoms with Crippen LogP contribution in [0.15, 0.2) is 24.3 Å². The number of amides is 2. The van der Waals surface area contributed by atoms with Crippen LogP contribution in [-0.4, -0.2) is 29.3 Å². The fraction of sp³-hybridized carbons (Fsp3) is 0.273. The Balaban J connectivity index is 0.00000128. The molecule has 4 nitrogen and oxygen atoms in total. The van der Waals surface area contributed by atoms with Gasteiger partial charge in [-0.25, -0.2) is 0 Å². The summed E-state index contributed by atoms with van der Waals surface area (Å²) in [5, 5.41) is 0. The summed E-state index contributed by atoms with van der Waals surface area (Å²) < 4.78 is 0. The molecule has 2 N–H and O–H groups in total. The van der Waals surface area contributed by atoms with Gasteiger partial charge in [-0.15, -0.1) is 12.4 Å². The van der Waals surface area contributed by atoms with Crippen LogP contribution in [0.3, 0.4) is 0 Å². The largest absolute Gasteiger partial charge is 0.326 e. The Hall–Kier alpha value is -1.39. The minimum atomic E-state index is -0.243. The molecule has 1 aromatic rings. The zero-order chi connectivity index (χ0) is 11.0. The minimum absolute atomic E-state index is 0. The Bertz CT molecular complexity index is 397. The molecule has 0 radical (unpaired) electrons. The van der Waals surface area contributed by atoms with E-state index in [2.05, 4.69) is 0 Å². The minimum Gasteiger partial charge on any atom is -0.326 e. The molecule has 0 spiro atoms. The number of fused-ring (bicyclic) bond motifs is 1. The highest BCUT2D eigenvalue weighted by atomic mass is 35.5. The van der Waals surface area contributed by atoms with Crippen molar-refractivity contribution in [3.63, 3.8) is 0 Å². The molecule has 2 rings (SSSR count). The number of imide groups is 1. The van der Waals surface area contributed by atoms with E-state index in [4.69, 9.17) is 5.73 Å². The van der Waals surface area contributed by atoms with Gasteiger partial charge in [0.05, 0.1) is 11.1 Å². The van der Waals surface area contributed by atoms with Crippen LogP contribution in [0.25, 0.3) is 0 Å². The predicted octanol–water partition coefficient (Wildman–Crippen LogP) is 1.05. The van der Waals surface area contributed by atoms with E-state index >= 15 is 0 Å². The van der Waals surface area contributed by atoms with Gasteiger partial charge in [-0.05, 0) is 19.1 Å². The molecule has 0 bridgehead atoms. The van der Waals surface area contributed by atoms with Gasteiger partial charge in [0, 0.05) is 12.6 Å². The number of nitrogens with two attached hydrogens (primary N) is 1. The number of carbonyl (C=O) groups excluding carboxylic acids is 2. The van der Waals surface area contributed by atoms with E-state index in [1.165, 1.54) is 4.90 Å². The summed E-state index contributed by atoms with van der Waals surface area (Å²) in [6, 6.07) is 6.62. The smallest absolute Gasteiger partial charge is 0.261 e. The average Bonchev–Trinajstić information content (AvgIpc) is 2.44. The first kappa shape index (κ1) is 12.7. The SMILES string of the molecule is C[C@@H](N)CN1C(=O)c2ccccc2C1=O.Cl. The molecule has 5 heteroatoms. The Kier molecular flexibility index (Phi) is 3.67. The topological polar surface area (TPSA) is 63.4 Å². The van der Waals surface area contributed by atoms with E-state index in [1.54, 1.807) is 31.2 Å². The Morgan fingerprint density at radius 3 is 2.00 bits per heavy atom. The van der Waals surface area contributed by atoms with E-state index in [9.17, 15) is 9.59 Å². The van der Waals surface area contributed by atoms with Crippen LogP contribution >= 0.6 is 12.4 Å². The third kappa shape index (κ3) is 1.94. The second kappa shape index (κ2) is 4.63. The van der Waals surface area contributed by atoms with Crippen molar-refractivity contribution >= 4 is 24.2 Å². The van der Waals surface area contributed by atoms with Gasteiger partial charge in [-0.1, -0.05) is 12.1 Å². The molecule has 0 saturated heterocycles. The van der Waals surface area contributed by atoms with Crippen molar-refractivity contribution in [3.05, 3.63) is 35.4 Å². The number of benzene rings is 1. The van der Waals surface area contributed by atoms with E-state index < -0.39 is 0 Å². The summed E-state index contributed by atoms with van der Waals surface area (Å²) in [5.41, 5.74) is 6.54. The maximum atomic E-state index is 11.8. The molecule has 2 amide bonds. The summed E-state index contributed by atoms with van der Waals surface area (Å²) in [6.07, 6.45) is 0. The summed E-state index contributed by atoms with van der Waals surface area (Å²) in [5.74, 6) is -0.485. The molecule has 86 valence electrons. The molecule has 1 atom stereocenters. The maximum Gasteiger partial charge on any atom is 0.261 e. The zero-order valence-electron chi connectivity index (χ0n) is 8.84. The summed E-state index contributed by atoms with van der Waals surface area (Å²) >= 11 is 0. The van der Waals surface area contributed by atoms with Crippen molar-refractivity contribution in [2.24, 2.45) is 5.73 Å². The van der Waals surface area contributed by atoms with Crippen LogP contribution in [0, 0.1) is 0 Å². The highest BCUT2D eigenvalue weighted by Crippen LogP contribution is 2.22. The lowest BCUT2D eigenvalue weighted by atomic mass is 10.1. The van der Waals surface area contributed by atoms with Gasteiger partial charge in [0.1, 0.15) is 0 Å². The van der Waals surface area contributed by atoms with Crippen molar-refractivity contribution in [3.8, 4) is 0 Å². The normalized spacial score (nSPS) is 15.8. The van der Waals surface area contributed by atoms with Gasteiger partial charge < -0.3 is 5.73 Å². The van der Waals surface area contributed by atoms with E-state index in [0.29, 0.717) is 11.1 Å². The lowest BCUT2D eigenvalue weighted by Crippen LogP contribution is -2.39. The highest BCUT2D eigenvalue weighted by Gasteiger charge is 2.35. The summed E-state index contributed by atoms with van der Waals surface area (Å²) in [7, 11) is 0. The third-order valence-electron chi connectivity index (χ3n) is 2.35. The van der Waals surface area contributed by atoms with Gasteiger partial charge in [-0.3, -0.25) is 14.5 Å². The van der Waals surface area contributed by atoms with Crippen molar-refractivity contribution in [1.82, 2.24) is 4.90 Å². The van der Waals surface area contributed by atoms with Crippen molar-refractivity contribution in [1.29, 1.82) is 0 Å². The number of halogens is 1. The molecular formula is C11H13ClN2O2. The van der Waals surface area contributed by atoms with Crippen LogP contribution in [0.5, 0.6) is 0 Å². The van der Waals surface area contributed by atoms with Gasteiger partial charge in [0.15, 0.2) is 0 Å². The van der Waals surface area contributed by atoms with Gasteiger partial charge in [0.2, 0.25) is 0 Å². The fourth-order valence-electron chi connectivity index (χ4n) is 1.69.